The van der Waals surface area contributed by atoms with Crippen molar-refractivity contribution < 1.29 is 9.00 Å². The fourth-order valence-corrected chi connectivity index (χ4v) is 5.07. The highest BCUT2D eigenvalue weighted by Gasteiger charge is 2.28. The lowest BCUT2D eigenvalue weighted by Crippen LogP contribution is -2.18. The fraction of sp³-hybridized carbons (Fsp3) is 0.130. The molecule has 29 heavy (non-hydrogen) atoms. The van der Waals surface area contributed by atoms with Crippen LogP contribution in [0.2, 0.25) is 0 Å². The number of carbonyl (C=O) groups is 1. The van der Waals surface area contributed by atoms with Gasteiger partial charge in [-0.05, 0) is 28.5 Å². The number of rotatable bonds is 4. The summed E-state index contributed by atoms with van der Waals surface area (Å²) in [4.78, 5) is 13.0. The number of anilines is 1. The van der Waals surface area contributed by atoms with E-state index in [1.165, 1.54) is 0 Å². The molecule has 1 aliphatic rings. The summed E-state index contributed by atoms with van der Waals surface area (Å²) in [6, 6.07) is 23.7. The molecule has 0 saturated carbocycles. The highest BCUT2D eigenvalue weighted by atomic mass is 32.2. The molecule has 0 spiro atoms. The Morgan fingerprint density at radius 2 is 1.72 bits per heavy atom. The number of benzene rings is 3. The van der Waals surface area contributed by atoms with Crippen LogP contribution in [0.15, 0.2) is 72.8 Å². The molecule has 1 aliphatic heterocycles. The molecule has 0 radical (unpaired) electrons. The van der Waals surface area contributed by atoms with E-state index >= 15 is 0 Å². The molecule has 0 aliphatic carbocycles. The third kappa shape index (κ3) is 3.36. The maximum absolute atomic E-state index is 13.0. The van der Waals surface area contributed by atoms with Gasteiger partial charge in [0.25, 0.3) is 0 Å². The average Bonchev–Trinajstić information content (AvgIpc) is 3.26. The molecule has 144 valence electrons. The lowest BCUT2D eigenvalue weighted by atomic mass is 10.0. The largest absolute Gasteiger partial charge is 0.310 e. The summed E-state index contributed by atoms with van der Waals surface area (Å²) in [7, 11) is -0.962. The van der Waals surface area contributed by atoms with E-state index in [1.807, 2.05) is 72.8 Å². The fourth-order valence-electron chi connectivity index (χ4n) is 3.81. The molecule has 1 amide bonds. The highest BCUT2D eigenvalue weighted by molar-refractivity contribution is 7.83. The van der Waals surface area contributed by atoms with Gasteiger partial charge >= 0.3 is 0 Å². The molecule has 2 heterocycles. The van der Waals surface area contributed by atoms with E-state index < -0.39 is 10.8 Å². The summed E-state index contributed by atoms with van der Waals surface area (Å²) in [6.45, 7) is 0. The Labute approximate surface area is 170 Å². The van der Waals surface area contributed by atoms with Gasteiger partial charge in [-0.15, -0.1) is 0 Å². The molecule has 1 N–H and O–H groups in total. The number of aromatic nitrogens is 2. The van der Waals surface area contributed by atoms with Crippen LogP contribution in [-0.4, -0.2) is 19.9 Å². The highest BCUT2D eigenvalue weighted by Crippen LogP contribution is 2.31. The molecule has 1 atom stereocenters. The van der Waals surface area contributed by atoms with E-state index in [0.29, 0.717) is 17.3 Å². The molecular formula is C23H19N3O2S. The SMILES string of the molecule is O=C(Cc1cccc2ccccc12)Nc1c2c(nn1-c1ccccc1)CS(=O)C2. The van der Waals surface area contributed by atoms with E-state index in [1.54, 1.807) is 4.68 Å². The summed E-state index contributed by atoms with van der Waals surface area (Å²) in [5, 5.41) is 9.87. The Bertz CT molecular complexity index is 1240. The van der Waals surface area contributed by atoms with Crippen molar-refractivity contribution in [3.8, 4) is 5.69 Å². The molecule has 1 unspecified atom stereocenters. The monoisotopic (exact) mass is 401 g/mol. The van der Waals surface area contributed by atoms with Crippen LogP contribution >= 0.6 is 0 Å². The van der Waals surface area contributed by atoms with Crippen LogP contribution in [0.3, 0.4) is 0 Å². The lowest BCUT2D eigenvalue weighted by Gasteiger charge is -2.12. The van der Waals surface area contributed by atoms with Gasteiger partial charge in [0.1, 0.15) is 5.82 Å². The van der Waals surface area contributed by atoms with E-state index in [2.05, 4.69) is 10.4 Å². The zero-order valence-electron chi connectivity index (χ0n) is 15.7. The van der Waals surface area contributed by atoms with Gasteiger partial charge in [0.15, 0.2) is 0 Å². The zero-order valence-corrected chi connectivity index (χ0v) is 16.5. The van der Waals surface area contributed by atoms with Gasteiger partial charge < -0.3 is 5.32 Å². The van der Waals surface area contributed by atoms with Gasteiger partial charge in [0.05, 0.1) is 29.3 Å². The first kappa shape index (κ1) is 17.8. The average molecular weight is 401 g/mol. The number of fused-ring (bicyclic) bond motifs is 2. The molecular weight excluding hydrogens is 382 g/mol. The minimum Gasteiger partial charge on any atom is -0.310 e. The standard InChI is InChI=1S/C23H19N3O2S/c27-22(13-17-9-6-8-16-7-4-5-12-19(16)17)24-23-20-14-29(28)15-21(20)25-26(23)18-10-2-1-3-11-18/h1-12H,13-15H2,(H,24,27). The first-order chi connectivity index (χ1) is 14.2. The van der Waals surface area contributed by atoms with E-state index in [9.17, 15) is 9.00 Å². The summed E-state index contributed by atoms with van der Waals surface area (Å²) < 4.78 is 13.8. The van der Waals surface area contributed by atoms with Gasteiger partial charge in [0, 0.05) is 16.4 Å². The topological polar surface area (TPSA) is 64.0 Å². The van der Waals surface area contributed by atoms with Crippen molar-refractivity contribution in [1.29, 1.82) is 0 Å². The molecule has 1 aromatic heterocycles. The molecule has 0 bridgehead atoms. The third-order valence-electron chi connectivity index (χ3n) is 5.16. The summed E-state index contributed by atoms with van der Waals surface area (Å²) in [6.07, 6.45) is 0.263. The molecule has 0 saturated heterocycles. The van der Waals surface area contributed by atoms with Gasteiger partial charge in [-0.25, -0.2) is 4.68 Å². The van der Waals surface area contributed by atoms with Crippen molar-refractivity contribution in [3.63, 3.8) is 0 Å². The first-order valence-electron chi connectivity index (χ1n) is 9.47. The zero-order chi connectivity index (χ0) is 19.8. The quantitative estimate of drug-likeness (QED) is 0.563. The number of para-hydroxylation sites is 1. The van der Waals surface area contributed by atoms with E-state index in [0.717, 1.165) is 33.3 Å². The van der Waals surface area contributed by atoms with Gasteiger partial charge in [-0.1, -0.05) is 60.7 Å². The maximum Gasteiger partial charge on any atom is 0.229 e. The van der Waals surface area contributed by atoms with Crippen molar-refractivity contribution in [3.05, 3.63) is 89.6 Å². The molecule has 6 heteroatoms. The molecule has 0 fully saturated rings. The number of nitrogens with zero attached hydrogens (tertiary/aromatic N) is 2. The van der Waals surface area contributed by atoms with Crippen LogP contribution < -0.4 is 5.32 Å². The van der Waals surface area contributed by atoms with Crippen LogP contribution in [0.25, 0.3) is 16.5 Å². The predicted molar refractivity (Wildman–Crippen MR) is 115 cm³/mol. The summed E-state index contributed by atoms with van der Waals surface area (Å²) in [5.41, 5.74) is 3.52. The molecule has 4 aromatic rings. The Kier molecular flexibility index (Phi) is 4.48. The van der Waals surface area contributed by atoms with Crippen LogP contribution in [0.4, 0.5) is 5.82 Å². The first-order valence-corrected chi connectivity index (χ1v) is 11.0. The van der Waals surface area contributed by atoms with Gasteiger partial charge in [-0.3, -0.25) is 9.00 Å². The van der Waals surface area contributed by atoms with Crippen molar-refractivity contribution in [2.45, 2.75) is 17.9 Å². The smallest absolute Gasteiger partial charge is 0.229 e. The number of nitrogens with one attached hydrogen (secondary N) is 1. The lowest BCUT2D eigenvalue weighted by molar-refractivity contribution is -0.115. The van der Waals surface area contributed by atoms with Crippen LogP contribution in [0, 0.1) is 0 Å². The van der Waals surface area contributed by atoms with E-state index in [-0.39, 0.29) is 12.3 Å². The second-order valence-electron chi connectivity index (χ2n) is 7.11. The predicted octanol–water partition coefficient (Wildman–Crippen LogP) is 3.97. The summed E-state index contributed by atoms with van der Waals surface area (Å²) in [5.74, 6) is 1.37. The van der Waals surface area contributed by atoms with Crippen molar-refractivity contribution in [2.24, 2.45) is 0 Å². The second kappa shape index (κ2) is 7.29. The maximum atomic E-state index is 13.0. The Morgan fingerprint density at radius 1 is 0.966 bits per heavy atom. The number of hydrogen-bond donors (Lipinski definition) is 1. The van der Waals surface area contributed by atoms with E-state index in [4.69, 9.17) is 0 Å². The number of hydrogen-bond acceptors (Lipinski definition) is 3. The van der Waals surface area contributed by atoms with Gasteiger partial charge in [0.2, 0.25) is 5.91 Å². The van der Waals surface area contributed by atoms with Crippen LogP contribution in [0.1, 0.15) is 16.8 Å². The van der Waals surface area contributed by atoms with Crippen molar-refractivity contribution in [1.82, 2.24) is 9.78 Å². The molecule has 3 aromatic carbocycles. The summed E-state index contributed by atoms with van der Waals surface area (Å²) >= 11 is 0. The van der Waals surface area contributed by atoms with Gasteiger partial charge in [-0.2, -0.15) is 5.10 Å². The van der Waals surface area contributed by atoms with Crippen LogP contribution in [0.5, 0.6) is 0 Å². The van der Waals surface area contributed by atoms with Crippen LogP contribution in [-0.2, 0) is 33.5 Å². The minimum atomic E-state index is -0.962. The molecule has 5 nitrogen and oxygen atoms in total. The number of carbonyl (C=O) groups excluding carboxylic acids is 1. The molecule has 5 rings (SSSR count). The Morgan fingerprint density at radius 3 is 2.59 bits per heavy atom. The Balaban J connectivity index is 1.48. The third-order valence-corrected chi connectivity index (χ3v) is 6.37. The number of amides is 1. The second-order valence-corrected chi connectivity index (χ2v) is 8.57. The van der Waals surface area contributed by atoms with Crippen molar-refractivity contribution >= 4 is 33.3 Å². The normalized spacial score (nSPS) is 15.4. The Hall–Kier alpha value is -3.25. The minimum absolute atomic E-state index is 0.112. The van der Waals surface area contributed by atoms with Crippen molar-refractivity contribution in [2.75, 3.05) is 5.32 Å².